The highest BCUT2D eigenvalue weighted by Gasteiger charge is 2.31. The third-order valence-corrected chi connectivity index (χ3v) is 4.05. The van der Waals surface area contributed by atoms with Crippen molar-refractivity contribution >= 4 is 11.6 Å². The zero-order chi connectivity index (χ0) is 16.4. The molecule has 1 aromatic carbocycles. The second kappa shape index (κ2) is 6.34. The molecule has 0 saturated heterocycles. The van der Waals surface area contributed by atoms with Crippen molar-refractivity contribution in [2.75, 3.05) is 14.2 Å². The molecule has 0 unspecified atom stereocenters. The summed E-state index contributed by atoms with van der Waals surface area (Å²) in [6.45, 7) is 5.94. The Morgan fingerprint density at radius 1 is 0.955 bits per heavy atom. The number of methoxy groups -OCH3 is 2. The molecule has 1 aliphatic carbocycles. The summed E-state index contributed by atoms with van der Waals surface area (Å²) < 4.78 is 10.5. The van der Waals surface area contributed by atoms with E-state index < -0.39 is 0 Å². The molecule has 1 aliphatic rings. The molecule has 0 spiro atoms. The van der Waals surface area contributed by atoms with Crippen LogP contribution < -0.4 is 9.47 Å². The van der Waals surface area contributed by atoms with E-state index in [9.17, 15) is 9.59 Å². The van der Waals surface area contributed by atoms with Crippen molar-refractivity contribution in [1.82, 2.24) is 0 Å². The van der Waals surface area contributed by atoms with E-state index in [1.54, 1.807) is 19.1 Å². The first-order valence-corrected chi connectivity index (χ1v) is 7.45. The first-order valence-electron chi connectivity index (χ1n) is 7.45. The highest BCUT2D eigenvalue weighted by molar-refractivity contribution is 6.27. The number of rotatable bonds is 5. The van der Waals surface area contributed by atoms with Gasteiger partial charge in [-0.3, -0.25) is 9.59 Å². The Morgan fingerprint density at radius 2 is 1.45 bits per heavy atom. The number of ketones is 2. The van der Waals surface area contributed by atoms with Gasteiger partial charge in [-0.1, -0.05) is 13.8 Å². The largest absolute Gasteiger partial charge is 0.493 e. The van der Waals surface area contributed by atoms with E-state index in [0.29, 0.717) is 46.1 Å². The molecular formula is C18H22O4. The minimum absolute atomic E-state index is 0.0753. The zero-order valence-corrected chi connectivity index (χ0v) is 13.8. The Balaban J connectivity index is 2.51. The van der Waals surface area contributed by atoms with Crippen molar-refractivity contribution in [2.45, 2.75) is 33.6 Å². The second-order valence-corrected chi connectivity index (χ2v) is 5.95. The lowest BCUT2D eigenvalue weighted by atomic mass is 9.82. The summed E-state index contributed by atoms with van der Waals surface area (Å²) in [5, 5.41) is 0. The van der Waals surface area contributed by atoms with E-state index >= 15 is 0 Å². The number of benzene rings is 1. The van der Waals surface area contributed by atoms with Crippen molar-refractivity contribution in [1.29, 1.82) is 0 Å². The molecule has 4 heteroatoms. The van der Waals surface area contributed by atoms with E-state index in [2.05, 4.69) is 13.8 Å². The predicted molar refractivity (Wildman–Crippen MR) is 85.0 cm³/mol. The molecule has 118 valence electrons. The van der Waals surface area contributed by atoms with Crippen molar-refractivity contribution in [2.24, 2.45) is 5.92 Å². The average molecular weight is 302 g/mol. The first kappa shape index (κ1) is 16.3. The summed E-state index contributed by atoms with van der Waals surface area (Å²) in [5.41, 5.74) is 1.98. The van der Waals surface area contributed by atoms with Gasteiger partial charge in [0.1, 0.15) is 0 Å². The molecule has 4 nitrogen and oxygen atoms in total. The van der Waals surface area contributed by atoms with Crippen molar-refractivity contribution in [3.63, 3.8) is 0 Å². The number of ether oxygens (including phenoxy) is 2. The molecule has 0 aliphatic heterocycles. The van der Waals surface area contributed by atoms with Crippen LogP contribution in [-0.4, -0.2) is 25.8 Å². The smallest absolute Gasteiger partial charge is 0.190 e. The van der Waals surface area contributed by atoms with Crippen LogP contribution in [0.15, 0.2) is 23.3 Å². The van der Waals surface area contributed by atoms with E-state index in [-0.39, 0.29) is 11.6 Å². The lowest BCUT2D eigenvalue weighted by Crippen LogP contribution is -2.21. The molecule has 0 N–H and O–H groups in total. The van der Waals surface area contributed by atoms with Gasteiger partial charge in [-0.25, -0.2) is 0 Å². The summed E-state index contributed by atoms with van der Waals surface area (Å²) in [6, 6.07) is 3.20. The first-order chi connectivity index (χ1) is 10.4. The van der Waals surface area contributed by atoms with E-state index in [0.717, 1.165) is 6.42 Å². The maximum absolute atomic E-state index is 12.7. The monoisotopic (exact) mass is 302 g/mol. The summed E-state index contributed by atoms with van der Waals surface area (Å²) in [5.74, 6) is 1.23. The number of carbonyl (C=O) groups is 2. The third kappa shape index (κ3) is 2.78. The molecule has 0 aromatic heterocycles. The lowest BCUT2D eigenvalue weighted by Gasteiger charge is -2.21. The summed E-state index contributed by atoms with van der Waals surface area (Å²) in [6.07, 6.45) is 1.51. The van der Waals surface area contributed by atoms with E-state index in [1.807, 2.05) is 0 Å². The van der Waals surface area contributed by atoms with Crippen molar-refractivity contribution in [3.8, 4) is 11.5 Å². The molecular weight excluding hydrogens is 280 g/mol. The molecule has 0 bridgehead atoms. The molecule has 0 heterocycles. The van der Waals surface area contributed by atoms with Crippen LogP contribution >= 0.6 is 0 Å². The van der Waals surface area contributed by atoms with Gasteiger partial charge >= 0.3 is 0 Å². The van der Waals surface area contributed by atoms with Gasteiger partial charge in [-0.15, -0.1) is 0 Å². The van der Waals surface area contributed by atoms with Crippen LogP contribution in [0.25, 0.3) is 0 Å². The minimum Gasteiger partial charge on any atom is -0.493 e. The quantitative estimate of drug-likeness (QED) is 0.829. The molecule has 22 heavy (non-hydrogen) atoms. The van der Waals surface area contributed by atoms with Gasteiger partial charge in [-0.2, -0.15) is 0 Å². The topological polar surface area (TPSA) is 52.6 Å². The summed E-state index contributed by atoms with van der Waals surface area (Å²) in [7, 11) is 3.02. The maximum atomic E-state index is 12.7. The van der Waals surface area contributed by atoms with Crippen LogP contribution in [0.4, 0.5) is 0 Å². The molecule has 1 aromatic rings. The number of Topliss-reactive ketones (excluding diaryl/α,β-unsaturated/α-hetero) is 2. The van der Waals surface area contributed by atoms with Gasteiger partial charge in [-0.05, 0) is 37.8 Å². The van der Waals surface area contributed by atoms with Gasteiger partial charge < -0.3 is 9.47 Å². The fourth-order valence-corrected chi connectivity index (χ4v) is 2.66. The summed E-state index contributed by atoms with van der Waals surface area (Å²) >= 11 is 0. The number of hydrogen-bond acceptors (Lipinski definition) is 4. The number of hydrogen-bond donors (Lipinski definition) is 0. The highest BCUT2D eigenvalue weighted by atomic mass is 16.5. The van der Waals surface area contributed by atoms with E-state index in [4.69, 9.17) is 9.47 Å². The SMILES string of the molecule is COc1cc2c(cc1OC)C(=O)C(CCC(C)C)=C(C)C2=O. The average Bonchev–Trinajstić information content (AvgIpc) is 2.51. The van der Waals surface area contributed by atoms with Crippen LogP contribution in [0.3, 0.4) is 0 Å². The fourth-order valence-electron chi connectivity index (χ4n) is 2.66. The normalized spacial score (nSPS) is 14.5. The molecule has 0 radical (unpaired) electrons. The second-order valence-electron chi connectivity index (χ2n) is 5.95. The Bertz CT molecular complexity index is 653. The van der Waals surface area contributed by atoms with Gasteiger partial charge in [0, 0.05) is 22.3 Å². The van der Waals surface area contributed by atoms with Crippen LogP contribution in [0.2, 0.25) is 0 Å². The van der Waals surface area contributed by atoms with Gasteiger partial charge in [0.25, 0.3) is 0 Å². The van der Waals surface area contributed by atoms with Crippen LogP contribution in [0, 0.1) is 5.92 Å². The van der Waals surface area contributed by atoms with Gasteiger partial charge in [0.05, 0.1) is 14.2 Å². The predicted octanol–water partition coefficient (Wildman–Crippen LogP) is 3.84. The molecule has 0 fully saturated rings. The van der Waals surface area contributed by atoms with Gasteiger partial charge in [0.15, 0.2) is 23.1 Å². The zero-order valence-electron chi connectivity index (χ0n) is 13.8. The van der Waals surface area contributed by atoms with E-state index in [1.165, 1.54) is 14.2 Å². The van der Waals surface area contributed by atoms with Gasteiger partial charge in [0.2, 0.25) is 0 Å². The molecule has 2 rings (SSSR count). The van der Waals surface area contributed by atoms with Crippen LogP contribution in [0.1, 0.15) is 54.3 Å². The summed E-state index contributed by atoms with van der Waals surface area (Å²) in [4.78, 5) is 25.3. The Hall–Kier alpha value is -2.10. The number of allylic oxidation sites excluding steroid dienone is 2. The third-order valence-electron chi connectivity index (χ3n) is 4.05. The van der Waals surface area contributed by atoms with Crippen molar-refractivity contribution in [3.05, 3.63) is 34.4 Å². The Morgan fingerprint density at radius 3 is 1.91 bits per heavy atom. The number of carbonyl (C=O) groups excluding carboxylic acids is 2. The maximum Gasteiger partial charge on any atom is 0.190 e. The number of fused-ring (bicyclic) bond motifs is 1. The minimum atomic E-state index is -0.102. The standard InChI is InChI=1S/C18H22O4/c1-10(2)6-7-12-11(3)17(19)13-8-15(21-4)16(22-5)9-14(13)18(12)20/h8-10H,6-7H2,1-5H3. The van der Waals surface area contributed by atoms with Crippen LogP contribution in [-0.2, 0) is 0 Å². The highest BCUT2D eigenvalue weighted by Crippen LogP contribution is 2.36. The molecule has 0 saturated carbocycles. The molecule has 0 amide bonds. The van der Waals surface area contributed by atoms with Crippen molar-refractivity contribution < 1.29 is 19.1 Å². The Kier molecular flexibility index (Phi) is 4.69. The molecule has 0 atom stereocenters. The fraction of sp³-hybridized carbons (Fsp3) is 0.444. The van der Waals surface area contributed by atoms with Crippen LogP contribution in [0.5, 0.6) is 11.5 Å². The lowest BCUT2D eigenvalue weighted by molar-refractivity contribution is 0.0970. The Labute approximate surface area is 131 Å².